The number of hydrogen-bond donors (Lipinski definition) is 2. The van der Waals surface area contributed by atoms with E-state index in [0.29, 0.717) is 0 Å². The molecule has 4 N–H and O–H groups in total. The van der Waals surface area contributed by atoms with E-state index in [9.17, 15) is 8.78 Å². The molecule has 8 heavy (non-hydrogen) atoms. The Morgan fingerprint density at radius 3 is 1.50 bits per heavy atom. The van der Waals surface area contributed by atoms with Gasteiger partial charge in [-0.25, -0.2) is 8.78 Å². The molecule has 0 aliphatic heterocycles. The van der Waals surface area contributed by atoms with Crippen LogP contribution in [-0.2, 0) is 0 Å². The molecule has 0 aromatic rings. The molecule has 0 amide bonds. The molecule has 0 fully saturated rings. The van der Waals surface area contributed by atoms with Gasteiger partial charge in [0.2, 0.25) is 0 Å². The van der Waals surface area contributed by atoms with Crippen molar-refractivity contribution in [3.8, 4) is 0 Å². The Hall–Kier alpha value is -0.220. The second-order valence-electron chi connectivity index (χ2n) is 1.04. The summed E-state index contributed by atoms with van der Waals surface area (Å²) in [6, 6.07) is 0. The fourth-order valence-corrected chi connectivity index (χ4v) is 0. The molecule has 2 nitrogen and oxygen atoms in total. The molecule has 0 bridgehead atoms. The van der Waals surface area contributed by atoms with E-state index >= 15 is 0 Å². The minimum atomic E-state index is -2.34. The second-order valence-corrected chi connectivity index (χ2v) is 1.04. The number of halogens is 2. The van der Waals surface area contributed by atoms with Crippen molar-refractivity contribution < 1.29 is 8.78 Å². The predicted molar refractivity (Wildman–Crippen MR) is 29.8 cm³/mol. The molecule has 0 aliphatic carbocycles. The lowest BCUT2D eigenvalue weighted by atomic mass is 10.7. The van der Waals surface area contributed by atoms with Gasteiger partial charge in [-0.05, 0) is 6.54 Å². The number of alkyl halides is 2. The van der Waals surface area contributed by atoms with E-state index in [1.807, 2.05) is 6.92 Å². The average Bonchev–Trinajstić information content (AvgIpc) is 1.69. The predicted octanol–water partition coefficient (Wildman–Crippen LogP) is 0.175. The Balaban J connectivity index is 0. The highest BCUT2D eigenvalue weighted by Crippen LogP contribution is 1.82. The molecule has 0 rings (SSSR count). The first-order valence-electron chi connectivity index (χ1n) is 2.37. The summed E-state index contributed by atoms with van der Waals surface area (Å²) in [5, 5.41) is 0. The molecule has 0 saturated heterocycles. The van der Waals surface area contributed by atoms with E-state index in [4.69, 9.17) is 5.73 Å². The van der Waals surface area contributed by atoms with Crippen molar-refractivity contribution in [1.29, 1.82) is 0 Å². The maximum atomic E-state index is 10.6. The van der Waals surface area contributed by atoms with Crippen molar-refractivity contribution in [1.82, 2.24) is 0 Å². The van der Waals surface area contributed by atoms with Gasteiger partial charge in [-0.15, -0.1) is 0 Å². The SMILES string of the molecule is CCN.NCC(F)F. The van der Waals surface area contributed by atoms with E-state index in [-0.39, 0.29) is 0 Å². The van der Waals surface area contributed by atoms with Gasteiger partial charge >= 0.3 is 0 Å². The van der Waals surface area contributed by atoms with Crippen LogP contribution >= 0.6 is 0 Å². The molecular weight excluding hydrogens is 114 g/mol. The number of hydrogen-bond acceptors (Lipinski definition) is 2. The highest BCUT2D eigenvalue weighted by molar-refractivity contribution is 4.30. The lowest BCUT2D eigenvalue weighted by Crippen LogP contribution is -2.08. The quantitative estimate of drug-likeness (QED) is 0.526. The molecule has 4 heteroatoms. The highest BCUT2D eigenvalue weighted by Gasteiger charge is 1.91. The van der Waals surface area contributed by atoms with Crippen molar-refractivity contribution in [2.45, 2.75) is 13.3 Å². The maximum Gasteiger partial charge on any atom is 0.250 e. The molecule has 0 spiro atoms. The van der Waals surface area contributed by atoms with Crippen LogP contribution in [0.5, 0.6) is 0 Å². The molecule has 0 aromatic carbocycles. The van der Waals surface area contributed by atoms with E-state index in [2.05, 4.69) is 5.73 Å². The van der Waals surface area contributed by atoms with Gasteiger partial charge in [0, 0.05) is 0 Å². The van der Waals surface area contributed by atoms with Gasteiger partial charge in [-0.3, -0.25) is 0 Å². The zero-order chi connectivity index (χ0) is 6.99. The monoisotopic (exact) mass is 126 g/mol. The van der Waals surface area contributed by atoms with Crippen molar-refractivity contribution in [3.05, 3.63) is 0 Å². The van der Waals surface area contributed by atoms with Gasteiger partial charge in [0.1, 0.15) is 0 Å². The molecule has 0 aliphatic rings. The lowest BCUT2D eigenvalue weighted by Gasteiger charge is -1.82. The van der Waals surface area contributed by atoms with Crippen LogP contribution in [0.15, 0.2) is 0 Å². The van der Waals surface area contributed by atoms with Crippen LogP contribution in [0.1, 0.15) is 6.92 Å². The summed E-state index contributed by atoms with van der Waals surface area (Å²) < 4.78 is 21.3. The topological polar surface area (TPSA) is 52.0 Å². The van der Waals surface area contributed by atoms with Crippen LogP contribution in [0.3, 0.4) is 0 Å². The minimum Gasteiger partial charge on any atom is -0.331 e. The summed E-state index contributed by atoms with van der Waals surface area (Å²) in [4.78, 5) is 0. The normalized spacial score (nSPS) is 8.25. The van der Waals surface area contributed by atoms with Crippen LogP contribution in [0, 0.1) is 0 Å². The van der Waals surface area contributed by atoms with Crippen LogP contribution in [0.4, 0.5) is 8.78 Å². The maximum absolute atomic E-state index is 10.6. The van der Waals surface area contributed by atoms with Crippen LogP contribution in [0.2, 0.25) is 0 Å². The van der Waals surface area contributed by atoms with Gasteiger partial charge in [0.25, 0.3) is 6.43 Å². The number of nitrogens with two attached hydrogens (primary N) is 2. The molecule has 0 saturated carbocycles. The summed E-state index contributed by atoms with van der Waals surface area (Å²) in [5.41, 5.74) is 9.27. The molecule has 0 atom stereocenters. The molecule has 0 aromatic heterocycles. The molecule has 52 valence electrons. The van der Waals surface area contributed by atoms with Gasteiger partial charge in [-0.2, -0.15) is 0 Å². The lowest BCUT2D eigenvalue weighted by molar-refractivity contribution is 0.158. The van der Waals surface area contributed by atoms with Crippen LogP contribution in [-0.4, -0.2) is 19.5 Å². The Morgan fingerprint density at radius 1 is 1.38 bits per heavy atom. The van der Waals surface area contributed by atoms with Crippen molar-refractivity contribution in [3.63, 3.8) is 0 Å². The first-order valence-corrected chi connectivity index (χ1v) is 2.37. The molecular formula is C4H12F2N2. The third kappa shape index (κ3) is 41.7. The summed E-state index contributed by atoms with van der Waals surface area (Å²) in [5.74, 6) is 0. The fourth-order valence-electron chi connectivity index (χ4n) is 0. The van der Waals surface area contributed by atoms with Gasteiger partial charge in [-0.1, -0.05) is 6.92 Å². The zero-order valence-corrected chi connectivity index (χ0v) is 4.90. The smallest absolute Gasteiger partial charge is 0.250 e. The van der Waals surface area contributed by atoms with Gasteiger partial charge < -0.3 is 11.5 Å². The van der Waals surface area contributed by atoms with Gasteiger partial charge in [0.05, 0.1) is 6.54 Å². The second kappa shape index (κ2) is 9.91. The Kier molecular flexibility index (Phi) is 13.3. The van der Waals surface area contributed by atoms with Crippen LogP contribution in [0.25, 0.3) is 0 Å². The van der Waals surface area contributed by atoms with Crippen molar-refractivity contribution in [2.24, 2.45) is 11.5 Å². The largest absolute Gasteiger partial charge is 0.331 e. The summed E-state index contributed by atoms with van der Waals surface area (Å²) in [6.07, 6.45) is -2.34. The Labute approximate surface area is 47.9 Å². The summed E-state index contributed by atoms with van der Waals surface area (Å²) in [7, 11) is 0. The molecule has 0 heterocycles. The fraction of sp³-hybridized carbons (Fsp3) is 1.00. The first-order chi connectivity index (χ1) is 3.68. The van der Waals surface area contributed by atoms with Crippen molar-refractivity contribution >= 4 is 0 Å². The molecule has 0 radical (unpaired) electrons. The van der Waals surface area contributed by atoms with E-state index in [1.54, 1.807) is 0 Å². The Morgan fingerprint density at radius 2 is 1.50 bits per heavy atom. The van der Waals surface area contributed by atoms with Gasteiger partial charge in [0.15, 0.2) is 0 Å². The van der Waals surface area contributed by atoms with Crippen LogP contribution < -0.4 is 11.5 Å². The first kappa shape index (κ1) is 10.7. The average molecular weight is 126 g/mol. The standard InChI is InChI=1S/C2H5F2N.C2H7N/c3-2(4)1-5;1-2-3/h2H,1,5H2;2-3H2,1H3. The summed E-state index contributed by atoms with van der Waals surface area (Å²) in [6.45, 7) is 2.12. The van der Waals surface area contributed by atoms with E-state index < -0.39 is 13.0 Å². The minimum absolute atomic E-state index is 0.528. The Bertz CT molecular complexity index is 33.2. The third-order valence-corrected chi connectivity index (χ3v) is 0.178. The molecule has 0 unspecified atom stereocenters. The van der Waals surface area contributed by atoms with E-state index in [0.717, 1.165) is 6.54 Å². The summed E-state index contributed by atoms with van der Waals surface area (Å²) >= 11 is 0. The number of rotatable bonds is 1. The highest BCUT2D eigenvalue weighted by atomic mass is 19.3. The van der Waals surface area contributed by atoms with Crippen molar-refractivity contribution in [2.75, 3.05) is 13.1 Å². The van der Waals surface area contributed by atoms with E-state index in [1.165, 1.54) is 0 Å². The zero-order valence-electron chi connectivity index (χ0n) is 4.90. The third-order valence-electron chi connectivity index (χ3n) is 0.178.